The van der Waals surface area contributed by atoms with Crippen molar-refractivity contribution in [2.45, 2.75) is 17.6 Å². The molecule has 9 heteroatoms. The zero-order valence-electron chi connectivity index (χ0n) is 14.1. The van der Waals surface area contributed by atoms with Gasteiger partial charge in [0.25, 0.3) is 0 Å². The minimum atomic E-state index is -0.754. The van der Waals surface area contributed by atoms with Crippen LogP contribution in [0.3, 0.4) is 0 Å². The Bertz CT molecular complexity index is 818. The van der Waals surface area contributed by atoms with Crippen LogP contribution in [0, 0.1) is 24.8 Å². The first-order chi connectivity index (χ1) is 12.8. The Morgan fingerprint density at radius 2 is 1.30 bits per heavy atom. The number of hydrogen-bond donors (Lipinski definition) is 0. The van der Waals surface area contributed by atoms with E-state index in [0.717, 1.165) is 0 Å². The third kappa shape index (κ3) is 10.1. The third-order valence-electron chi connectivity index (χ3n) is 2.72. The summed E-state index contributed by atoms with van der Waals surface area (Å²) in [6, 6.07) is 13.6. The van der Waals surface area contributed by atoms with Crippen molar-refractivity contribution >= 4 is 34.8 Å². The molecule has 0 spiro atoms. The second-order valence-electron chi connectivity index (χ2n) is 4.87. The van der Waals surface area contributed by atoms with Crippen LogP contribution in [0.25, 0.3) is 0 Å². The van der Waals surface area contributed by atoms with E-state index >= 15 is 0 Å². The van der Waals surface area contributed by atoms with E-state index in [4.69, 9.17) is 34.8 Å². The van der Waals surface area contributed by atoms with E-state index in [1.165, 1.54) is 24.3 Å². The molecule has 0 aliphatic heterocycles. The SMILES string of the molecule is Cc1cccc(F)n1.Fc1cccc(C(Cl)Cl)n1.Fc1cccc(CCl)n1. The van der Waals surface area contributed by atoms with Crippen LogP contribution in [0.5, 0.6) is 0 Å². The Kier molecular flexibility index (Phi) is 10.7. The summed E-state index contributed by atoms with van der Waals surface area (Å²) in [5, 5.41) is 0. The molecule has 0 bridgehead atoms. The first kappa shape index (κ1) is 23.1. The topological polar surface area (TPSA) is 38.7 Å². The summed E-state index contributed by atoms with van der Waals surface area (Å²) < 4.78 is 36.5. The molecule has 0 radical (unpaired) electrons. The molecule has 27 heavy (non-hydrogen) atoms. The van der Waals surface area contributed by atoms with Crippen LogP contribution in [-0.4, -0.2) is 15.0 Å². The normalized spacial score (nSPS) is 9.78. The van der Waals surface area contributed by atoms with Crippen LogP contribution in [0.4, 0.5) is 13.2 Å². The predicted molar refractivity (Wildman–Crippen MR) is 101 cm³/mol. The van der Waals surface area contributed by atoms with E-state index in [-0.39, 0.29) is 5.88 Å². The molecule has 3 rings (SSSR count). The van der Waals surface area contributed by atoms with Crippen molar-refractivity contribution in [3.63, 3.8) is 0 Å². The number of nitrogens with zero attached hydrogens (tertiary/aromatic N) is 3. The zero-order valence-corrected chi connectivity index (χ0v) is 16.4. The smallest absolute Gasteiger partial charge is 0.213 e. The van der Waals surface area contributed by atoms with Crippen molar-refractivity contribution in [3.8, 4) is 0 Å². The largest absolute Gasteiger partial charge is 0.225 e. The van der Waals surface area contributed by atoms with E-state index in [1.54, 1.807) is 37.3 Å². The van der Waals surface area contributed by atoms with Gasteiger partial charge in [-0.15, -0.1) is 11.6 Å². The Morgan fingerprint density at radius 1 is 0.778 bits per heavy atom. The highest BCUT2D eigenvalue weighted by molar-refractivity contribution is 6.43. The summed E-state index contributed by atoms with van der Waals surface area (Å²) in [5.74, 6) is -1.19. The van der Waals surface area contributed by atoms with Gasteiger partial charge in [-0.3, -0.25) is 0 Å². The van der Waals surface area contributed by atoms with Gasteiger partial charge in [0.05, 0.1) is 17.3 Å². The Morgan fingerprint density at radius 3 is 1.63 bits per heavy atom. The number of rotatable bonds is 2. The lowest BCUT2D eigenvalue weighted by Crippen LogP contribution is -1.89. The molecule has 0 atom stereocenters. The van der Waals surface area contributed by atoms with Gasteiger partial charge in [0.1, 0.15) is 4.84 Å². The van der Waals surface area contributed by atoms with Gasteiger partial charge in [0, 0.05) is 5.69 Å². The fourth-order valence-corrected chi connectivity index (χ4v) is 1.97. The zero-order chi connectivity index (χ0) is 20.2. The minimum Gasteiger partial charge on any atom is -0.225 e. The lowest BCUT2D eigenvalue weighted by Gasteiger charge is -1.97. The van der Waals surface area contributed by atoms with Gasteiger partial charge >= 0.3 is 0 Å². The van der Waals surface area contributed by atoms with E-state index < -0.39 is 22.7 Å². The van der Waals surface area contributed by atoms with E-state index in [2.05, 4.69) is 15.0 Å². The highest BCUT2D eigenvalue weighted by Crippen LogP contribution is 2.21. The first-order valence-corrected chi connectivity index (χ1v) is 8.89. The Labute approximate surface area is 170 Å². The highest BCUT2D eigenvalue weighted by Gasteiger charge is 2.04. The Balaban J connectivity index is 0.000000204. The van der Waals surface area contributed by atoms with E-state index in [1.807, 2.05) is 0 Å². The third-order valence-corrected chi connectivity index (χ3v) is 3.45. The standard InChI is InChI=1S/C6H4Cl2FN.C6H5ClFN.C6H6FN/c7-6(8)4-2-1-3-5(9)10-4;7-4-5-2-1-3-6(8)9-5;1-5-3-2-4-6(7)8-5/h1-3,6H;1-3H,4H2;2-4H,1H3. The monoisotopic (exact) mass is 435 g/mol. The number of pyridine rings is 3. The van der Waals surface area contributed by atoms with Gasteiger partial charge in [0.15, 0.2) is 0 Å². The summed E-state index contributed by atoms with van der Waals surface area (Å²) in [6.45, 7) is 1.75. The maximum atomic E-state index is 12.3. The van der Waals surface area contributed by atoms with Crippen LogP contribution in [0.15, 0.2) is 54.6 Å². The molecular weight excluding hydrogens is 422 g/mol. The lowest BCUT2D eigenvalue weighted by atomic mass is 10.4. The molecule has 3 nitrogen and oxygen atoms in total. The summed E-state index contributed by atoms with van der Waals surface area (Å²) in [4.78, 5) is 9.69. The fourth-order valence-electron chi connectivity index (χ4n) is 1.58. The summed E-state index contributed by atoms with van der Waals surface area (Å²) in [6.07, 6.45) is 0. The van der Waals surface area contributed by atoms with E-state index in [9.17, 15) is 13.2 Å². The molecule has 0 saturated heterocycles. The average Bonchev–Trinajstić information content (AvgIpc) is 2.62. The molecule has 0 amide bonds. The van der Waals surface area contributed by atoms with Crippen LogP contribution >= 0.6 is 34.8 Å². The average molecular weight is 437 g/mol. The van der Waals surface area contributed by atoms with Crippen molar-refractivity contribution in [2.24, 2.45) is 0 Å². The molecule has 0 aromatic carbocycles. The summed E-state index contributed by atoms with van der Waals surface area (Å²) in [5.41, 5.74) is 1.62. The predicted octanol–water partition coefficient (Wildman–Crippen LogP) is 6.19. The number of aryl methyl sites for hydroxylation is 1. The number of halogens is 6. The van der Waals surface area contributed by atoms with Crippen LogP contribution in [0.2, 0.25) is 0 Å². The first-order valence-electron chi connectivity index (χ1n) is 7.49. The van der Waals surface area contributed by atoms with Crippen LogP contribution in [0.1, 0.15) is 21.9 Å². The Hall–Kier alpha value is -1.89. The second-order valence-corrected chi connectivity index (χ2v) is 6.24. The van der Waals surface area contributed by atoms with Crippen LogP contribution in [-0.2, 0) is 5.88 Å². The van der Waals surface area contributed by atoms with Gasteiger partial charge in [0.2, 0.25) is 17.8 Å². The maximum absolute atomic E-state index is 12.3. The molecule has 0 fully saturated rings. The molecule has 0 aliphatic carbocycles. The number of hydrogen-bond acceptors (Lipinski definition) is 3. The van der Waals surface area contributed by atoms with Gasteiger partial charge in [-0.2, -0.15) is 13.2 Å². The van der Waals surface area contributed by atoms with Crippen LogP contribution < -0.4 is 0 Å². The minimum absolute atomic E-state index is 0.262. The molecule has 3 aromatic rings. The maximum Gasteiger partial charge on any atom is 0.213 e. The lowest BCUT2D eigenvalue weighted by molar-refractivity contribution is 0.578. The highest BCUT2D eigenvalue weighted by atomic mass is 35.5. The van der Waals surface area contributed by atoms with Crippen molar-refractivity contribution in [3.05, 3.63) is 89.5 Å². The molecule has 0 aliphatic rings. The molecule has 144 valence electrons. The van der Waals surface area contributed by atoms with Gasteiger partial charge in [-0.05, 0) is 43.3 Å². The van der Waals surface area contributed by atoms with Gasteiger partial charge in [-0.25, -0.2) is 15.0 Å². The number of alkyl halides is 3. The molecule has 3 aromatic heterocycles. The summed E-state index contributed by atoms with van der Waals surface area (Å²) in [7, 11) is 0. The molecule has 3 heterocycles. The van der Waals surface area contributed by atoms with Crippen molar-refractivity contribution in [1.82, 2.24) is 15.0 Å². The second kappa shape index (κ2) is 12.5. The van der Waals surface area contributed by atoms with Crippen molar-refractivity contribution in [2.75, 3.05) is 0 Å². The van der Waals surface area contributed by atoms with Crippen molar-refractivity contribution in [1.29, 1.82) is 0 Å². The van der Waals surface area contributed by atoms with Crippen molar-refractivity contribution < 1.29 is 13.2 Å². The fraction of sp³-hybridized carbons (Fsp3) is 0.167. The molecule has 0 unspecified atom stereocenters. The quantitative estimate of drug-likeness (QED) is 0.355. The van der Waals surface area contributed by atoms with Gasteiger partial charge < -0.3 is 0 Å². The van der Waals surface area contributed by atoms with E-state index in [0.29, 0.717) is 17.1 Å². The molecule has 0 N–H and O–H groups in total. The number of aromatic nitrogens is 3. The molecular formula is C18H15Cl3F3N3. The van der Waals surface area contributed by atoms with Gasteiger partial charge in [-0.1, -0.05) is 41.4 Å². The summed E-state index contributed by atoms with van der Waals surface area (Å²) >= 11 is 16.2. The molecule has 0 saturated carbocycles.